The second kappa shape index (κ2) is 5.03. The van der Waals surface area contributed by atoms with Crippen molar-refractivity contribution >= 4 is 17.5 Å². The van der Waals surface area contributed by atoms with E-state index in [2.05, 4.69) is 6.92 Å². The zero-order chi connectivity index (χ0) is 17.3. The van der Waals surface area contributed by atoms with Gasteiger partial charge in [-0.25, -0.2) is 0 Å². The van der Waals surface area contributed by atoms with Crippen LogP contribution in [0.3, 0.4) is 0 Å². The number of ketones is 2. The second-order valence-electron chi connectivity index (χ2n) is 8.96. The molecule has 130 valence electrons. The molecule has 4 heteroatoms. The third-order valence-electron chi connectivity index (χ3n) is 7.95. The normalized spacial score (nSPS) is 47.5. The lowest BCUT2D eigenvalue weighted by Gasteiger charge is -2.56. The molecule has 3 saturated carbocycles. The molecule has 6 atom stereocenters. The van der Waals surface area contributed by atoms with Gasteiger partial charge in [-0.15, -0.1) is 0 Å². The number of rotatable bonds is 1. The topological polar surface area (TPSA) is 71.4 Å². The summed E-state index contributed by atoms with van der Waals surface area (Å²) in [5.74, 6) is -0.0816. The van der Waals surface area contributed by atoms with E-state index in [9.17, 15) is 19.5 Å². The van der Waals surface area contributed by atoms with Gasteiger partial charge in [0.15, 0.2) is 5.78 Å². The van der Waals surface area contributed by atoms with Crippen LogP contribution < -0.4 is 0 Å². The highest BCUT2D eigenvalue weighted by atomic mass is 16.4. The highest BCUT2D eigenvalue weighted by Gasteiger charge is 2.63. The second-order valence-corrected chi connectivity index (χ2v) is 8.96. The highest BCUT2D eigenvalue weighted by Crippen LogP contribution is 2.65. The van der Waals surface area contributed by atoms with Crippen LogP contribution in [0, 0.1) is 34.5 Å². The summed E-state index contributed by atoms with van der Waals surface area (Å²) in [4.78, 5) is 36.7. The number of hydrogen-bond acceptors (Lipinski definition) is 3. The molecular weight excluding hydrogens is 304 g/mol. The average Bonchev–Trinajstić information content (AvgIpc) is 2.84. The molecule has 24 heavy (non-hydrogen) atoms. The van der Waals surface area contributed by atoms with E-state index in [-0.39, 0.29) is 40.2 Å². The first-order chi connectivity index (χ1) is 11.3. The van der Waals surface area contributed by atoms with Crippen molar-refractivity contribution in [2.45, 2.75) is 58.8 Å². The van der Waals surface area contributed by atoms with E-state index < -0.39 is 5.97 Å². The van der Waals surface area contributed by atoms with Crippen molar-refractivity contribution in [2.24, 2.45) is 34.5 Å². The van der Waals surface area contributed by atoms with Gasteiger partial charge in [-0.3, -0.25) is 14.4 Å². The molecule has 0 amide bonds. The summed E-state index contributed by atoms with van der Waals surface area (Å²) in [7, 11) is 0. The number of carbonyl (C=O) groups excluding carboxylic acids is 2. The van der Waals surface area contributed by atoms with E-state index in [4.69, 9.17) is 0 Å². The highest BCUT2D eigenvalue weighted by molar-refractivity contribution is 5.93. The molecule has 0 spiro atoms. The monoisotopic (exact) mass is 330 g/mol. The van der Waals surface area contributed by atoms with Crippen molar-refractivity contribution in [1.82, 2.24) is 0 Å². The Morgan fingerprint density at radius 2 is 1.92 bits per heavy atom. The molecule has 1 N–H and O–H groups in total. The third-order valence-corrected chi connectivity index (χ3v) is 7.95. The molecule has 4 unspecified atom stereocenters. The molecular formula is C20H26O4. The van der Waals surface area contributed by atoms with Gasteiger partial charge in [0.25, 0.3) is 0 Å². The molecule has 0 aromatic rings. The number of aliphatic carboxylic acids is 1. The molecule has 4 aliphatic rings. The van der Waals surface area contributed by atoms with Gasteiger partial charge in [-0.05, 0) is 60.8 Å². The molecule has 0 aromatic heterocycles. The van der Waals surface area contributed by atoms with E-state index in [1.165, 1.54) is 5.57 Å². The third kappa shape index (κ3) is 1.94. The van der Waals surface area contributed by atoms with Crippen LogP contribution in [0.1, 0.15) is 58.8 Å². The van der Waals surface area contributed by atoms with Crippen LogP contribution in [0.5, 0.6) is 0 Å². The van der Waals surface area contributed by atoms with Gasteiger partial charge in [0.05, 0.1) is 5.92 Å². The minimum absolute atomic E-state index is 0.0174. The SMILES string of the molecule is C[C@]12CC(=O)C3C(CCC4=CC(=O)CC[C@@]43C)C1CCC2C(=O)O. The van der Waals surface area contributed by atoms with E-state index in [0.717, 1.165) is 25.7 Å². The Balaban J connectivity index is 1.74. The van der Waals surface area contributed by atoms with Crippen molar-refractivity contribution in [3.05, 3.63) is 11.6 Å². The lowest BCUT2D eigenvalue weighted by molar-refractivity contribution is -0.155. The van der Waals surface area contributed by atoms with Gasteiger partial charge in [0.1, 0.15) is 5.78 Å². The van der Waals surface area contributed by atoms with Crippen LogP contribution >= 0.6 is 0 Å². The predicted octanol–water partition coefficient (Wildman–Crippen LogP) is 3.40. The summed E-state index contributed by atoms with van der Waals surface area (Å²) < 4.78 is 0. The maximum atomic E-state index is 13.2. The fourth-order valence-electron chi connectivity index (χ4n) is 6.79. The van der Waals surface area contributed by atoms with Crippen LogP contribution in [-0.2, 0) is 14.4 Å². The van der Waals surface area contributed by atoms with Gasteiger partial charge < -0.3 is 5.11 Å². The van der Waals surface area contributed by atoms with Crippen LogP contribution in [0.2, 0.25) is 0 Å². The maximum absolute atomic E-state index is 13.2. The zero-order valence-electron chi connectivity index (χ0n) is 14.5. The van der Waals surface area contributed by atoms with Gasteiger partial charge in [0, 0.05) is 18.8 Å². The minimum atomic E-state index is -0.739. The van der Waals surface area contributed by atoms with Crippen LogP contribution in [0.4, 0.5) is 0 Å². The number of hydrogen-bond donors (Lipinski definition) is 1. The number of carboxylic acids is 1. The van der Waals surface area contributed by atoms with Crippen LogP contribution in [0.15, 0.2) is 11.6 Å². The fourth-order valence-corrected chi connectivity index (χ4v) is 6.79. The maximum Gasteiger partial charge on any atom is 0.307 e. The van der Waals surface area contributed by atoms with Gasteiger partial charge in [0.2, 0.25) is 0 Å². The average molecular weight is 330 g/mol. The Labute approximate surface area is 142 Å². The molecule has 4 rings (SSSR count). The van der Waals surface area contributed by atoms with E-state index in [1.54, 1.807) is 6.08 Å². The first-order valence-electron chi connectivity index (χ1n) is 9.27. The number of fused-ring (bicyclic) bond motifs is 5. The first-order valence-corrected chi connectivity index (χ1v) is 9.27. The van der Waals surface area contributed by atoms with Crippen molar-refractivity contribution in [2.75, 3.05) is 0 Å². The smallest absolute Gasteiger partial charge is 0.307 e. The molecule has 0 radical (unpaired) electrons. The molecule has 0 heterocycles. The molecule has 0 saturated heterocycles. The molecule has 3 fully saturated rings. The summed E-state index contributed by atoms with van der Waals surface area (Å²) in [5.41, 5.74) is 0.604. The van der Waals surface area contributed by atoms with Crippen molar-refractivity contribution in [3.8, 4) is 0 Å². The Hall–Kier alpha value is -1.45. The summed E-state index contributed by atoms with van der Waals surface area (Å²) >= 11 is 0. The van der Waals surface area contributed by atoms with Gasteiger partial charge in [-0.1, -0.05) is 19.4 Å². The van der Waals surface area contributed by atoms with E-state index >= 15 is 0 Å². The zero-order valence-corrected chi connectivity index (χ0v) is 14.5. The van der Waals surface area contributed by atoms with E-state index in [0.29, 0.717) is 25.2 Å². The fraction of sp³-hybridized carbons (Fsp3) is 0.750. The predicted molar refractivity (Wildman–Crippen MR) is 88.2 cm³/mol. The number of carbonyl (C=O) groups is 3. The number of carboxylic acid groups (broad SMARTS) is 1. The lowest BCUT2D eigenvalue weighted by atomic mass is 9.46. The molecule has 0 bridgehead atoms. The summed E-state index contributed by atoms with van der Waals surface area (Å²) in [6.45, 7) is 4.21. The number of Topliss-reactive ketones (excluding diaryl/α,β-unsaturated/α-hetero) is 1. The summed E-state index contributed by atoms with van der Waals surface area (Å²) in [6.07, 6.45) is 6.95. The number of allylic oxidation sites excluding steroid dienone is 1. The van der Waals surface area contributed by atoms with Crippen LogP contribution in [-0.4, -0.2) is 22.6 Å². The Morgan fingerprint density at radius 3 is 2.62 bits per heavy atom. The molecule has 0 aliphatic heterocycles. The van der Waals surface area contributed by atoms with Crippen molar-refractivity contribution < 1.29 is 19.5 Å². The largest absolute Gasteiger partial charge is 0.481 e. The quantitative estimate of drug-likeness (QED) is 0.800. The lowest BCUT2D eigenvalue weighted by Crippen LogP contribution is -2.55. The molecule has 4 nitrogen and oxygen atoms in total. The Kier molecular flexibility index (Phi) is 3.36. The van der Waals surface area contributed by atoms with Crippen molar-refractivity contribution in [3.63, 3.8) is 0 Å². The van der Waals surface area contributed by atoms with Crippen LogP contribution in [0.25, 0.3) is 0 Å². The van der Waals surface area contributed by atoms with Crippen molar-refractivity contribution in [1.29, 1.82) is 0 Å². The molecule has 4 aliphatic carbocycles. The standard InChI is InChI=1S/C20H26O4/c1-19-8-7-12(21)9-11(19)3-4-13-14-5-6-15(18(23)24)20(14,2)10-16(22)17(13)19/h9,13-15,17H,3-8,10H2,1-2H3,(H,23,24)/t13?,14?,15?,17?,19-,20-/m0/s1. The van der Waals surface area contributed by atoms with Gasteiger partial charge >= 0.3 is 5.97 Å². The first kappa shape index (κ1) is 16.0. The Bertz CT molecular complexity index is 663. The minimum Gasteiger partial charge on any atom is -0.481 e. The summed E-state index contributed by atoms with van der Waals surface area (Å²) in [5, 5.41) is 9.61. The molecule has 0 aromatic carbocycles. The Morgan fingerprint density at radius 1 is 1.17 bits per heavy atom. The summed E-state index contributed by atoms with van der Waals surface area (Å²) in [6, 6.07) is 0. The van der Waals surface area contributed by atoms with Gasteiger partial charge in [-0.2, -0.15) is 0 Å². The van der Waals surface area contributed by atoms with E-state index in [1.807, 2.05) is 6.92 Å².